The summed E-state index contributed by atoms with van der Waals surface area (Å²) >= 11 is 1.26. The number of carboxylic acids is 1. The number of carbonyl (C=O) groups excluding carboxylic acids is 1. The average Bonchev–Trinajstić information content (AvgIpc) is 3.04. The maximum atomic E-state index is 12.2. The van der Waals surface area contributed by atoms with Crippen molar-refractivity contribution in [2.24, 2.45) is 0 Å². The maximum absolute atomic E-state index is 12.2. The van der Waals surface area contributed by atoms with E-state index in [0.717, 1.165) is 12.8 Å². The van der Waals surface area contributed by atoms with E-state index in [-0.39, 0.29) is 24.6 Å². The highest BCUT2D eigenvalue weighted by Gasteiger charge is 2.38. The third-order valence-electron chi connectivity index (χ3n) is 3.69. The molecule has 3 rings (SSSR count). The number of likely N-dealkylation sites (tertiary alicyclic amines) is 1. The molecule has 0 unspecified atom stereocenters. The lowest BCUT2D eigenvalue weighted by Gasteiger charge is -2.20. The minimum absolute atomic E-state index is 0.0751. The van der Waals surface area contributed by atoms with Gasteiger partial charge in [0.25, 0.3) is 0 Å². The Hall–Kier alpha value is -1.61. The summed E-state index contributed by atoms with van der Waals surface area (Å²) in [7, 11) is 0. The summed E-state index contributed by atoms with van der Waals surface area (Å²) in [5.41, 5.74) is 0. The van der Waals surface area contributed by atoms with Crippen LogP contribution in [-0.4, -0.2) is 66.2 Å². The Morgan fingerprint density at radius 1 is 1.43 bits per heavy atom. The zero-order valence-corrected chi connectivity index (χ0v) is 12.1. The number of hydrogen-bond acceptors (Lipinski definition) is 6. The lowest BCUT2D eigenvalue weighted by atomic mass is 10.2. The van der Waals surface area contributed by atoms with Gasteiger partial charge in [0, 0.05) is 19.0 Å². The van der Waals surface area contributed by atoms with Crippen molar-refractivity contribution in [3.63, 3.8) is 0 Å². The molecule has 2 fully saturated rings. The lowest BCUT2D eigenvalue weighted by molar-refractivity contribution is -0.147. The van der Waals surface area contributed by atoms with Crippen LogP contribution in [0.3, 0.4) is 0 Å². The second kappa shape index (κ2) is 5.64. The first kappa shape index (κ1) is 14.3. The van der Waals surface area contributed by atoms with Gasteiger partial charge in [-0.3, -0.25) is 4.79 Å². The van der Waals surface area contributed by atoms with Crippen LogP contribution in [0.15, 0.2) is 11.5 Å². The Morgan fingerprint density at radius 3 is 2.86 bits per heavy atom. The summed E-state index contributed by atoms with van der Waals surface area (Å²) < 4.78 is 1.95. The van der Waals surface area contributed by atoms with Gasteiger partial charge in [0.05, 0.1) is 11.9 Å². The van der Waals surface area contributed by atoms with Crippen LogP contribution in [0.2, 0.25) is 0 Å². The van der Waals surface area contributed by atoms with Gasteiger partial charge in [-0.25, -0.2) is 4.79 Å². The zero-order chi connectivity index (χ0) is 15.0. The fraction of sp³-hybridized carbons (Fsp3) is 0.667. The molecule has 21 heavy (non-hydrogen) atoms. The Labute approximate surface area is 125 Å². The number of aromatic nitrogens is 3. The van der Waals surface area contributed by atoms with E-state index in [9.17, 15) is 14.7 Å². The smallest absolute Gasteiger partial charge is 0.326 e. The molecule has 1 saturated heterocycles. The molecule has 1 aromatic heterocycles. The quantitative estimate of drug-likeness (QED) is 0.722. The molecule has 8 nitrogen and oxygen atoms in total. The monoisotopic (exact) mass is 312 g/mol. The van der Waals surface area contributed by atoms with Crippen LogP contribution in [0.1, 0.15) is 25.3 Å². The third-order valence-corrected chi connectivity index (χ3v) is 4.63. The first-order chi connectivity index (χ1) is 10.1. The molecule has 2 atom stereocenters. The van der Waals surface area contributed by atoms with Crippen molar-refractivity contribution in [2.75, 3.05) is 12.3 Å². The Kier molecular flexibility index (Phi) is 3.85. The highest BCUT2D eigenvalue weighted by Crippen LogP contribution is 2.37. The summed E-state index contributed by atoms with van der Waals surface area (Å²) in [5.74, 6) is -1.28. The van der Waals surface area contributed by atoms with Crippen molar-refractivity contribution >= 4 is 23.6 Å². The minimum Gasteiger partial charge on any atom is -0.480 e. The van der Waals surface area contributed by atoms with Crippen molar-refractivity contribution in [2.45, 2.75) is 42.6 Å². The molecule has 0 radical (unpaired) electrons. The highest BCUT2D eigenvalue weighted by molar-refractivity contribution is 7.99. The summed E-state index contributed by atoms with van der Waals surface area (Å²) in [4.78, 5) is 24.5. The summed E-state index contributed by atoms with van der Waals surface area (Å²) in [5, 5.41) is 27.2. The number of thioether (sulfide) groups is 1. The van der Waals surface area contributed by atoms with Crippen molar-refractivity contribution in [3.8, 4) is 0 Å². The number of nitrogens with zero attached hydrogens (tertiary/aromatic N) is 4. The van der Waals surface area contributed by atoms with E-state index >= 15 is 0 Å². The standard InChI is InChI=1S/C12H16N4O4S/c17-8-3-9(11(19)20)15(4-8)10(18)5-21-12-14-13-6-16(12)7-1-2-7/h6-9,17H,1-5H2,(H,19,20)/t8-,9+/m1/s1. The van der Waals surface area contributed by atoms with Gasteiger partial charge in [-0.2, -0.15) is 0 Å². The zero-order valence-electron chi connectivity index (χ0n) is 11.3. The topological polar surface area (TPSA) is 109 Å². The van der Waals surface area contributed by atoms with E-state index in [0.29, 0.717) is 11.2 Å². The molecule has 1 aliphatic carbocycles. The first-order valence-electron chi connectivity index (χ1n) is 6.79. The molecule has 1 saturated carbocycles. The molecule has 2 N–H and O–H groups in total. The fourth-order valence-corrected chi connectivity index (χ4v) is 3.34. The number of aliphatic hydroxyl groups excluding tert-OH is 1. The van der Waals surface area contributed by atoms with Crippen molar-refractivity contribution in [3.05, 3.63) is 6.33 Å². The average molecular weight is 312 g/mol. The molecular formula is C12H16N4O4S. The molecule has 1 aromatic rings. The first-order valence-corrected chi connectivity index (χ1v) is 7.77. The van der Waals surface area contributed by atoms with E-state index in [1.807, 2.05) is 4.57 Å². The number of amides is 1. The van der Waals surface area contributed by atoms with E-state index in [2.05, 4.69) is 10.2 Å². The SMILES string of the molecule is O=C(O)[C@@H]1C[C@@H](O)CN1C(=O)CSc1nncn1C1CC1. The molecule has 0 spiro atoms. The number of carbonyl (C=O) groups is 2. The number of aliphatic hydroxyl groups is 1. The third kappa shape index (κ3) is 3.03. The van der Waals surface area contributed by atoms with E-state index in [1.165, 1.54) is 16.7 Å². The van der Waals surface area contributed by atoms with Crippen molar-refractivity contribution < 1.29 is 19.8 Å². The summed E-state index contributed by atoms with van der Waals surface area (Å²) in [6.45, 7) is 0.0751. The molecule has 1 aliphatic heterocycles. The Morgan fingerprint density at radius 2 is 2.19 bits per heavy atom. The van der Waals surface area contributed by atoms with E-state index in [4.69, 9.17) is 5.11 Å². The maximum Gasteiger partial charge on any atom is 0.326 e. The molecule has 0 aromatic carbocycles. The van der Waals surface area contributed by atoms with E-state index < -0.39 is 18.1 Å². The molecule has 1 amide bonds. The van der Waals surface area contributed by atoms with Gasteiger partial charge < -0.3 is 19.7 Å². The van der Waals surface area contributed by atoms with Crippen LogP contribution in [0.4, 0.5) is 0 Å². The Bertz CT molecular complexity index is 559. The van der Waals surface area contributed by atoms with E-state index in [1.54, 1.807) is 6.33 Å². The van der Waals surface area contributed by atoms with Crippen molar-refractivity contribution in [1.29, 1.82) is 0 Å². The number of rotatable bonds is 5. The van der Waals surface area contributed by atoms with Crippen LogP contribution in [-0.2, 0) is 9.59 Å². The van der Waals surface area contributed by atoms with Gasteiger partial charge in [0.2, 0.25) is 5.91 Å². The minimum atomic E-state index is -1.08. The van der Waals surface area contributed by atoms with Gasteiger partial charge in [-0.1, -0.05) is 11.8 Å². The van der Waals surface area contributed by atoms with Crippen LogP contribution in [0, 0.1) is 0 Å². The molecule has 0 bridgehead atoms. The second-order valence-corrected chi connectivity index (χ2v) is 6.27. The van der Waals surface area contributed by atoms with Crippen molar-refractivity contribution in [1.82, 2.24) is 19.7 Å². The predicted molar refractivity (Wildman–Crippen MR) is 72.8 cm³/mol. The van der Waals surface area contributed by atoms with Crippen LogP contribution >= 0.6 is 11.8 Å². The van der Waals surface area contributed by atoms with Gasteiger partial charge in [0.1, 0.15) is 12.4 Å². The molecule has 2 aliphatic rings. The summed E-state index contributed by atoms with van der Waals surface area (Å²) in [6.07, 6.45) is 3.17. The molecular weight excluding hydrogens is 296 g/mol. The number of carboxylic acid groups (broad SMARTS) is 1. The number of aliphatic carboxylic acids is 1. The highest BCUT2D eigenvalue weighted by atomic mass is 32.2. The molecule has 2 heterocycles. The van der Waals surface area contributed by atoms with Gasteiger partial charge in [0.15, 0.2) is 5.16 Å². The van der Waals surface area contributed by atoms with Gasteiger partial charge in [-0.05, 0) is 12.8 Å². The normalized spacial score (nSPS) is 25.3. The largest absolute Gasteiger partial charge is 0.480 e. The number of β-amino-alcohol motifs (C(OH)–C–C–N with tert-alkyl or cyclic N) is 1. The molecule has 114 valence electrons. The lowest BCUT2D eigenvalue weighted by Crippen LogP contribution is -2.41. The van der Waals surface area contributed by atoms with Crippen LogP contribution in [0.25, 0.3) is 0 Å². The van der Waals surface area contributed by atoms with Gasteiger partial charge in [-0.15, -0.1) is 10.2 Å². The Balaban J connectivity index is 1.60. The number of hydrogen-bond donors (Lipinski definition) is 2. The molecule has 9 heteroatoms. The summed E-state index contributed by atoms with van der Waals surface area (Å²) in [6, 6.07) is -0.507. The van der Waals surface area contributed by atoms with Gasteiger partial charge >= 0.3 is 5.97 Å². The fourth-order valence-electron chi connectivity index (χ4n) is 2.47. The van der Waals surface area contributed by atoms with Crippen LogP contribution < -0.4 is 0 Å². The van der Waals surface area contributed by atoms with Crippen LogP contribution in [0.5, 0.6) is 0 Å². The predicted octanol–water partition coefficient (Wildman–Crippen LogP) is -0.248. The second-order valence-electron chi connectivity index (χ2n) is 5.33.